The van der Waals surface area contributed by atoms with Crippen LogP contribution in [0, 0.1) is 6.92 Å². The van der Waals surface area contributed by atoms with Crippen molar-refractivity contribution in [3.8, 4) is 5.88 Å². The van der Waals surface area contributed by atoms with Crippen LogP contribution in [0.5, 0.6) is 5.88 Å². The molecule has 0 spiro atoms. The summed E-state index contributed by atoms with van der Waals surface area (Å²) in [5.41, 5.74) is 6.91. The Balaban J connectivity index is 2.33. The summed E-state index contributed by atoms with van der Waals surface area (Å²) >= 11 is 5.78. The first kappa shape index (κ1) is 12.4. The number of nitrogen functional groups attached to an aromatic ring is 1. The monoisotopic (exact) mass is 268 g/mol. The third-order valence-corrected chi connectivity index (χ3v) is 2.57. The SMILES string of the molecule is COc1cc(Nc2nc(Cl)nc(C)c2N)nn1C. The summed E-state index contributed by atoms with van der Waals surface area (Å²) in [5, 5.41) is 7.31. The molecule has 0 aliphatic heterocycles. The third-order valence-electron chi connectivity index (χ3n) is 2.40. The van der Waals surface area contributed by atoms with Gasteiger partial charge in [0.25, 0.3) is 0 Å². The molecule has 2 aromatic heterocycles. The minimum atomic E-state index is 0.132. The maximum absolute atomic E-state index is 5.86. The molecule has 0 saturated carbocycles. The van der Waals surface area contributed by atoms with Gasteiger partial charge in [-0.1, -0.05) is 0 Å². The van der Waals surface area contributed by atoms with E-state index in [0.717, 1.165) is 0 Å². The minimum absolute atomic E-state index is 0.132. The van der Waals surface area contributed by atoms with Crippen molar-refractivity contribution in [1.82, 2.24) is 19.7 Å². The van der Waals surface area contributed by atoms with Crippen molar-refractivity contribution in [1.29, 1.82) is 0 Å². The molecule has 0 radical (unpaired) electrons. The topological polar surface area (TPSA) is 90.9 Å². The van der Waals surface area contributed by atoms with Crippen LogP contribution < -0.4 is 15.8 Å². The standard InChI is InChI=1S/C10H13ClN6O/c1-5-8(12)9(15-10(11)13-5)14-6-4-7(18-3)17(2)16-6/h4H,12H2,1-3H3,(H,13,14,15,16). The van der Waals surface area contributed by atoms with Crippen LogP contribution in [0.15, 0.2) is 6.07 Å². The molecule has 3 N–H and O–H groups in total. The molecule has 0 aromatic carbocycles. The van der Waals surface area contributed by atoms with E-state index in [1.807, 2.05) is 0 Å². The van der Waals surface area contributed by atoms with Crippen molar-refractivity contribution < 1.29 is 4.74 Å². The quantitative estimate of drug-likeness (QED) is 0.820. The summed E-state index contributed by atoms with van der Waals surface area (Å²) < 4.78 is 6.70. The maximum atomic E-state index is 5.86. The van der Waals surface area contributed by atoms with Gasteiger partial charge < -0.3 is 15.8 Å². The van der Waals surface area contributed by atoms with Crippen LogP contribution in [0.25, 0.3) is 0 Å². The first-order chi connectivity index (χ1) is 8.51. The Labute approximate surface area is 109 Å². The van der Waals surface area contributed by atoms with Crippen molar-refractivity contribution in [2.45, 2.75) is 6.92 Å². The van der Waals surface area contributed by atoms with Crippen molar-refractivity contribution in [3.05, 3.63) is 17.0 Å². The highest BCUT2D eigenvalue weighted by Crippen LogP contribution is 2.25. The van der Waals surface area contributed by atoms with E-state index in [-0.39, 0.29) is 5.28 Å². The van der Waals surface area contributed by atoms with Gasteiger partial charge in [0.2, 0.25) is 11.2 Å². The highest BCUT2D eigenvalue weighted by Gasteiger charge is 2.11. The van der Waals surface area contributed by atoms with Gasteiger partial charge in [-0.3, -0.25) is 0 Å². The minimum Gasteiger partial charge on any atom is -0.481 e. The zero-order chi connectivity index (χ0) is 13.3. The molecule has 2 heterocycles. The number of anilines is 3. The zero-order valence-electron chi connectivity index (χ0n) is 10.2. The molecule has 0 aliphatic carbocycles. The second-order valence-corrected chi connectivity index (χ2v) is 4.00. The molecule has 2 aromatic rings. The number of aryl methyl sites for hydroxylation is 2. The van der Waals surface area contributed by atoms with Gasteiger partial charge in [0.05, 0.1) is 18.5 Å². The van der Waals surface area contributed by atoms with Gasteiger partial charge in [-0.25, -0.2) is 9.67 Å². The second kappa shape index (κ2) is 4.69. The van der Waals surface area contributed by atoms with Crippen molar-refractivity contribution >= 4 is 28.9 Å². The average Bonchev–Trinajstić information content (AvgIpc) is 2.65. The number of hydrogen-bond donors (Lipinski definition) is 2. The molecule has 2 rings (SSSR count). The van der Waals surface area contributed by atoms with Crippen LogP contribution >= 0.6 is 11.6 Å². The summed E-state index contributed by atoms with van der Waals surface area (Å²) in [6, 6.07) is 1.73. The molecule has 8 heteroatoms. The van der Waals surface area contributed by atoms with E-state index in [9.17, 15) is 0 Å². The van der Waals surface area contributed by atoms with E-state index in [2.05, 4.69) is 20.4 Å². The molecule has 0 atom stereocenters. The highest BCUT2D eigenvalue weighted by atomic mass is 35.5. The molecule has 0 amide bonds. The molecule has 7 nitrogen and oxygen atoms in total. The number of halogens is 1. The van der Waals surface area contributed by atoms with Gasteiger partial charge in [0, 0.05) is 13.1 Å². The molecule has 0 saturated heterocycles. The van der Waals surface area contributed by atoms with Gasteiger partial charge >= 0.3 is 0 Å². The number of rotatable bonds is 3. The lowest BCUT2D eigenvalue weighted by molar-refractivity contribution is 0.373. The number of ether oxygens (including phenoxy) is 1. The Hall–Kier alpha value is -2.02. The average molecular weight is 269 g/mol. The van der Waals surface area contributed by atoms with E-state index < -0.39 is 0 Å². The fourth-order valence-corrected chi connectivity index (χ4v) is 1.68. The van der Waals surface area contributed by atoms with Gasteiger partial charge in [-0.2, -0.15) is 10.1 Å². The summed E-state index contributed by atoms with van der Waals surface area (Å²) in [4.78, 5) is 7.98. The molecule has 0 unspecified atom stereocenters. The molecule has 18 heavy (non-hydrogen) atoms. The van der Waals surface area contributed by atoms with Crippen molar-refractivity contribution in [2.24, 2.45) is 7.05 Å². The fourth-order valence-electron chi connectivity index (χ4n) is 1.47. The van der Waals surface area contributed by atoms with Crippen LogP contribution in [0.3, 0.4) is 0 Å². The number of nitrogens with two attached hydrogens (primary N) is 1. The predicted molar refractivity (Wildman–Crippen MR) is 69.2 cm³/mol. The Morgan fingerprint density at radius 2 is 2.17 bits per heavy atom. The molecular weight excluding hydrogens is 256 g/mol. The zero-order valence-corrected chi connectivity index (χ0v) is 11.0. The van der Waals surface area contributed by atoms with E-state index in [0.29, 0.717) is 28.9 Å². The lowest BCUT2D eigenvalue weighted by Gasteiger charge is -2.07. The van der Waals surface area contributed by atoms with Crippen molar-refractivity contribution in [2.75, 3.05) is 18.2 Å². The lowest BCUT2D eigenvalue weighted by atomic mass is 10.3. The summed E-state index contributed by atoms with van der Waals surface area (Å²) in [7, 11) is 3.34. The molecule has 0 fully saturated rings. The van der Waals surface area contributed by atoms with Gasteiger partial charge in [0.15, 0.2) is 11.6 Å². The van der Waals surface area contributed by atoms with E-state index >= 15 is 0 Å². The first-order valence-electron chi connectivity index (χ1n) is 5.16. The Bertz CT molecular complexity index is 582. The summed E-state index contributed by atoms with van der Waals surface area (Å²) in [6.45, 7) is 1.76. The second-order valence-electron chi connectivity index (χ2n) is 3.66. The van der Waals surface area contributed by atoms with Crippen LogP contribution in [0.2, 0.25) is 5.28 Å². The number of nitrogens with zero attached hydrogens (tertiary/aromatic N) is 4. The molecular formula is C10H13ClN6O. The molecule has 96 valence electrons. The van der Waals surface area contributed by atoms with Crippen LogP contribution in [-0.2, 0) is 7.05 Å². The molecule has 0 aliphatic rings. The molecule has 0 bridgehead atoms. The normalized spacial score (nSPS) is 10.4. The Morgan fingerprint density at radius 1 is 1.44 bits per heavy atom. The number of methoxy groups -OCH3 is 1. The third kappa shape index (κ3) is 2.30. The van der Waals surface area contributed by atoms with Crippen LogP contribution in [0.1, 0.15) is 5.69 Å². The fraction of sp³-hybridized carbons (Fsp3) is 0.300. The summed E-state index contributed by atoms with van der Waals surface area (Å²) in [6.07, 6.45) is 0. The van der Waals surface area contributed by atoms with Crippen LogP contribution in [0.4, 0.5) is 17.3 Å². The van der Waals surface area contributed by atoms with Gasteiger partial charge in [-0.05, 0) is 18.5 Å². The van der Waals surface area contributed by atoms with E-state index in [1.54, 1.807) is 31.8 Å². The maximum Gasteiger partial charge on any atom is 0.224 e. The van der Waals surface area contributed by atoms with Crippen molar-refractivity contribution in [3.63, 3.8) is 0 Å². The number of hydrogen-bond acceptors (Lipinski definition) is 6. The van der Waals surface area contributed by atoms with Crippen LogP contribution in [-0.4, -0.2) is 26.9 Å². The number of nitrogens with one attached hydrogen (secondary N) is 1. The largest absolute Gasteiger partial charge is 0.481 e. The van der Waals surface area contributed by atoms with Gasteiger partial charge in [0.1, 0.15) is 0 Å². The summed E-state index contributed by atoms with van der Waals surface area (Å²) in [5.74, 6) is 1.61. The first-order valence-corrected chi connectivity index (χ1v) is 5.53. The van der Waals surface area contributed by atoms with E-state index in [1.165, 1.54) is 0 Å². The lowest BCUT2D eigenvalue weighted by Crippen LogP contribution is -2.04. The van der Waals surface area contributed by atoms with Gasteiger partial charge in [-0.15, -0.1) is 0 Å². The number of aromatic nitrogens is 4. The Kier molecular flexibility index (Phi) is 3.24. The van der Waals surface area contributed by atoms with E-state index in [4.69, 9.17) is 22.1 Å². The highest BCUT2D eigenvalue weighted by molar-refractivity contribution is 6.28. The smallest absolute Gasteiger partial charge is 0.224 e. The Morgan fingerprint density at radius 3 is 2.78 bits per heavy atom. The predicted octanol–water partition coefficient (Wildman–Crippen LogP) is 1.51.